The van der Waals surface area contributed by atoms with Crippen molar-refractivity contribution in [1.82, 2.24) is 0 Å². The Balaban J connectivity index is 2.06. The van der Waals surface area contributed by atoms with E-state index >= 15 is 0 Å². The maximum atomic E-state index is 2.32. The van der Waals surface area contributed by atoms with Gasteiger partial charge in [-0.15, -0.1) is 0 Å². The Morgan fingerprint density at radius 3 is 2.17 bits per heavy atom. The summed E-state index contributed by atoms with van der Waals surface area (Å²) < 4.78 is 0. The molecule has 3 aromatic carbocycles. The fraction of sp³-hybridized carbons (Fsp3) is 0.273. The van der Waals surface area contributed by atoms with E-state index in [-0.39, 0.29) is 5.41 Å². The lowest BCUT2D eigenvalue weighted by Crippen LogP contribution is -2.15. The summed E-state index contributed by atoms with van der Waals surface area (Å²) in [4.78, 5) is 2.29. The third-order valence-corrected chi connectivity index (χ3v) is 4.56. The predicted octanol–water partition coefficient (Wildman–Crippen LogP) is 6.21. The number of anilines is 2. The number of nitrogens with zero attached hydrogens (tertiary/aromatic N) is 1. The quantitative estimate of drug-likeness (QED) is 0.543. The first-order valence-electron chi connectivity index (χ1n) is 8.20. The molecular formula is C22H25N. The average molecular weight is 303 g/mol. The summed E-state index contributed by atoms with van der Waals surface area (Å²) in [5.74, 6) is 0. The number of hydrogen-bond acceptors (Lipinski definition) is 1. The summed E-state index contributed by atoms with van der Waals surface area (Å²) in [6, 6.07) is 22.0. The number of benzene rings is 3. The number of fused-ring (bicyclic) bond motifs is 1. The van der Waals surface area contributed by atoms with E-state index in [2.05, 4.69) is 100 Å². The molecule has 0 aliphatic heterocycles. The lowest BCUT2D eigenvalue weighted by Gasteiger charge is -2.26. The van der Waals surface area contributed by atoms with Gasteiger partial charge in [-0.05, 0) is 52.4 Å². The van der Waals surface area contributed by atoms with Gasteiger partial charge < -0.3 is 4.90 Å². The topological polar surface area (TPSA) is 3.24 Å². The average Bonchev–Trinajstić information content (AvgIpc) is 2.53. The van der Waals surface area contributed by atoms with Crippen LogP contribution in [-0.4, -0.2) is 7.05 Å². The molecule has 0 fully saturated rings. The molecule has 0 saturated heterocycles. The van der Waals surface area contributed by atoms with E-state index in [1.165, 1.54) is 33.3 Å². The van der Waals surface area contributed by atoms with Gasteiger partial charge in [-0.1, -0.05) is 63.2 Å². The molecule has 23 heavy (non-hydrogen) atoms. The maximum absolute atomic E-state index is 2.32. The normalized spacial score (nSPS) is 11.7. The molecule has 1 nitrogen and oxygen atoms in total. The summed E-state index contributed by atoms with van der Waals surface area (Å²) >= 11 is 0. The second kappa shape index (κ2) is 5.73. The first kappa shape index (κ1) is 15.6. The van der Waals surface area contributed by atoms with Gasteiger partial charge >= 0.3 is 0 Å². The Morgan fingerprint density at radius 2 is 1.48 bits per heavy atom. The molecule has 0 unspecified atom stereocenters. The second-order valence-electron chi connectivity index (χ2n) is 7.34. The zero-order valence-corrected chi connectivity index (χ0v) is 14.7. The summed E-state index contributed by atoms with van der Waals surface area (Å²) in [6.45, 7) is 8.96. The molecule has 0 heterocycles. The van der Waals surface area contributed by atoms with Crippen molar-refractivity contribution in [3.05, 3.63) is 71.8 Å². The Bertz CT molecular complexity index is 840. The third-order valence-electron chi connectivity index (χ3n) is 4.56. The summed E-state index contributed by atoms with van der Waals surface area (Å²) in [7, 11) is 2.15. The molecule has 0 atom stereocenters. The van der Waals surface area contributed by atoms with Gasteiger partial charge in [0, 0.05) is 18.4 Å². The van der Waals surface area contributed by atoms with E-state index in [1.807, 2.05) is 0 Å². The van der Waals surface area contributed by atoms with Crippen LogP contribution in [0.2, 0.25) is 0 Å². The molecule has 3 rings (SSSR count). The zero-order valence-electron chi connectivity index (χ0n) is 14.7. The number of hydrogen-bond donors (Lipinski definition) is 0. The van der Waals surface area contributed by atoms with Gasteiger partial charge in [-0.3, -0.25) is 0 Å². The van der Waals surface area contributed by atoms with E-state index in [1.54, 1.807) is 0 Å². The summed E-state index contributed by atoms with van der Waals surface area (Å²) in [6.07, 6.45) is 0. The van der Waals surface area contributed by atoms with Crippen LogP contribution in [-0.2, 0) is 5.41 Å². The van der Waals surface area contributed by atoms with Crippen LogP contribution in [0.4, 0.5) is 11.4 Å². The highest BCUT2D eigenvalue weighted by atomic mass is 15.1. The van der Waals surface area contributed by atoms with Gasteiger partial charge in [0.05, 0.1) is 0 Å². The van der Waals surface area contributed by atoms with Crippen molar-refractivity contribution >= 4 is 22.1 Å². The standard InChI is InChI=1S/C22H25N/c1-16-10-12-19(22(2,3)4)15-21(16)23(5)20-13-11-17-8-6-7-9-18(17)14-20/h6-15H,1-5H3. The monoisotopic (exact) mass is 303 g/mol. The Kier molecular flexibility index (Phi) is 3.89. The van der Waals surface area contributed by atoms with Crippen LogP contribution < -0.4 is 4.90 Å². The van der Waals surface area contributed by atoms with Crippen molar-refractivity contribution in [1.29, 1.82) is 0 Å². The smallest absolute Gasteiger partial charge is 0.0440 e. The van der Waals surface area contributed by atoms with E-state index in [9.17, 15) is 0 Å². The molecule has 3 aromatic rings. The minimum atomic E-state index is 0.159. The predicted molar refractivity (Wildman–Crippen MR) is 102 cm³/mol. The van der Waals surface area contributed by atoms with Crippen molar-refractivity contribution < 1.29 is 0 Å². The molecule has 118 valence electrons. The van der Waals surface area contributed by atoms with Crippen molar-refractivity contribution in [2.75, 3.05) is 11.9 Å². The Morgan fingerprint density at radius 1 is 0.783 bits per heavy atom. The van der Waals surface area contributed by atoms with Crippen LogP contribution in [0.25, 0.3) is 10.8 Å². The van der Waals surface area contributed by atoms with Crippen molar-refractivity contribution in [2.24, 2.45) is 0 Å². The van der Waals surface area contributed by atoms with E-state index in [0.29, 0.717) is 0 Å². The molecular weight excluding hydrogens is 278 g/mol. The molecule has 0 spiro atoms. The SMILES string of the molecule is Cc1ccc(C(C)(C)C)cc1N(C)c1ccc2ccccc2c1. The van der Waals surface area contributed by atoms with Crippen molar-refractivity contribution in [2.45, 2.75) is 33.1 Å². The Hall–Kier alpha value is -2.28. The van der Waals surface area contributed by atoms with Crippen LogP contribution in [0.1, 0.15) is 31.9 Å². The maximum Gasteiger partial charge on any atom is 0.0440 e. The van der Waals surface area contributed by atoms with Gasteiger partial charge in [0.1, 0.15) is 0 Å². The number of rotatable bonds is 2. The lowest BCUT2D eigenvalue weighted by molar-refractivity contribution is 0.590. The fourth-order valence-electron chi connectivity index (χ4n) is 2.96. The third kappa shape index (κ3) is 3.10. The van der Waals surface area contributed by atoms with Crippen LogP contribution in [0, 0.1) is 6.92 Å². The Labute approximate surface area is 139 Å². The lowest BCUT2D eigenvalue weighted by atomic mass is 9.86. The largest absolute Gasteiger partial charge is 0.344 e. The molecule has 0 radical (unpaired) electrons. The zero-order chi connectivity index (χ0) is 16.6. The molecule has 0 amide bonds. The highest BCUT2D eigenvalue weighted by molar-refractivity contribution is 5.87. The van der Waals surface area contributed by atoms with Crippen molar-refractivity contribution in [3.63, 3.8) is 0 Å². The molecule has 0 aromatic heterocycles. The van der Waals surface area contributed by atoms with Crippen LogP contribution in [0.3, 0.4) is 0 Å². The first-order valence-corrected chi connectivity index (χ1v) is 8.20. The van der Waals surface area contributed by atoms with E-state index in [4.69, 9.17) is 0 Å². The van der Waals surface area contributed by atoms with Gasteiger partial charge in [-0.25, -0.2) is 0 Å². The molecule has 0 saturated carbocycles. The van der Waals surface area contributed by atoms with E-state index < -0.39 is 0 Å². The van der Waals surface area contributed by atoms with Gasteiger partial charge in [0.15, 0.2) is 0 Å². The van der Waals surface area contributed by atoms with Crippen LogP contribution in [0.15, 0.2) is 60.7 Å². The van der Waals surface area contributed by atoms with Crippen molar-refractivity contribution in [3.8, 4) is 0 Å². The minimum Gasteiger partial charge on any atom is -0.344 e. The first-order chi connectivity index (χ1) is 10.9. The number of aryl methyl sites for hydroxylation is 1. The molecule has 0 aliphatic rings. The van der Waals surface area contributed by atoms with Crippen LogP contribution in [0.5, 0.6) is 0 Å². The van der Waals surface area contributed by atoms with Gasteiger partial charge in [0.25, 0.3) is 0 Å². The molecule has 0 bridgehead atoms. The van der Waals surface area contributed by atoms with Gasteiger partial charge in [-0.2, -0.15) is 0 Å². The van der Waals surface area contributed by atoms with E-state index in [0.717, 1.165) is 0 Å². The minimum absolute atomic E-state index is 0.159. The molecule has 0 aliphatic carbocycles. The molecule has 0 N–H and O–H groups in total. The molecule has 1 heteroatoms. The summed E-state index contributed by atoms with van der Waals surface area (Å²) in [5.41, 5.74) is 5.32. The summed E-state index contributed by atoms with van der Waals surface area (Å²) in [5, 5.41) is 2.56. The highest BCUT2D eigenvalue weighted by Gasteiger charge is 2.16. The second-order valence-corrected chi connectivity index (χ2v) is 7.34. The highest BCUT2D eigenvalue weighted by Crippen LogP contribution is 2.33. The van der Waals surface area contributed by atoms with Gasteiger partial charge in [0.2, 0.25) is 0 Å². The fourth-order valence-corrected chi connectivity index (χ4v) is 2.96. The van der Waals surface area contributed by atoms with Crippen LogP contribution >= 0.6 is 0 Å².